The number of piperidine rings is 1. The maximum Gasteiger partial charge on any atom is 0.265 e. The molecule has 9 heteroatoms. The van der Waals surface area contributed by atoms with Gasteiger partial charge in [0, 0.05) is 37.0 Å². The highest BCUT2D eigenvalue weighted by Gasteiger charge is 2.28. The van der Waals surface area contributed by atoms with Gasteiger partial charge in [0.1, 0.15) is 10.3 Å². The van der Waals surface area contributed by atoms with Crippen LogP contribution in [0.1, 0.15) is 39.3 Å². The van der Waals surface area contributed by atoms with Gasteiger partial charge in [-0.15, -0.1) is 11.3 Å². The minimum atomic E-state index is -0.392. The van der Waals surface area contributed by atoms with Gasteiger partial charge in [0.25, 0.3) is 11.5 Å². The van der Waals surface area contributed by atoms with Gasteiger partial charge in [-0.2, -0.15) is 0 Å². The first-order valence-electron chi connectivity index (χ1n) is 12.5. The molecule has 3 heterocycles. The Morgan fingerprint density at radius 3 is 2.55 bits per heavy atom. The molecule has 8 nitrogen and oxygen atoms in total. The van der Waals surface area contributed by atoms with Crippen molar-refractivity contribution in [1.82, 2.24) is 14.8 Å². The second-order valence-electron chi connectivity index (χ2n) is 9.31. The van der Waals surface area contributed by atoms with Crippen molar-refractivity contribution in [2.45, 2.75) is 31.8 Å². The zero-order valence-corrected chi connectivity index (χ0v) is 21.9. The van der Waals surface area contributed by atoms with E-state index in [1.807, 2.05) is 24.3 Å². The lowest BCUT2D eigenvalue weighted by atomic mass is 10.0. The van der Waals surface area contributed by atoms with Gasteiger partial charge in [-0.25, -0.2) is 0 Å². The molecule has 0 saturated carbocycles. The number of hydrogen-bond donors (Lipinski definition) is 1. The van der Waals surface area contributed by atoms with Gasteiger partial charge < -0.3 is 15.0 Å². The van der Waals surface area contributed by atoms with Gasteiger partial charge in [0.2, 0.25) is 5.91 Å². The summed E-state index contributed by atoms with van der Waals surface area (Å²) in [7, 11) is 1.43. The lowest BCUT2D eigenvalue weighted by molar-refractivity contribution is -0.129. The number of methoxy groups -OCH3 is 1. The number of ketones is 1. The summed E-state index contributed by atoms with van der Waals surface area (Å²) in [5, 5.41) is 3.96. The molecule has 1 fully saturated rings. The van der Waals surface area contributed by atoms with Crippen LogP contribution < -0.4 is 15.6 Å². The summed E-state index contributed by atoms with van der Waals surface area (Å²) in [5.41, 5.74) is 0.728. The predicted octanol–water partition coefficient (Wildman–Crippen LogP) is 4.05. The Kier molecular flexibility index (Phi) is 7.28. The molecule has 0 bridgehead atoms. The third kappa shape index (κ3) is 4.69. The number of amides is 2. The Balaban J connectivity index is 1.54. The maximum atomic E-state index is 13.8. The summed E-state index contributed by atoms with van der Waals surface area (Å²) in [5.74, 6) is -0.629. The van der Waals surface area contributed by atoms with Crippen LogP contribution in [0.4, 0.5) is 0 Å². The SMILES string of the molecule is [CH2]C(=O)N1CCCCC1CNC(=O)c1sc2c(c1OC)c(=O)n(CC(=O)c1ccccc1)c1ccccc21. The first kappa shape index (κ1) is 25.7. The lowest BCUT2D eigenvalue weighted by Gasteiger charge is -2.35. The number of carbonyl (C=O) groups excluding carboxylic acids is 3. The third-order valence-corrected chi connectivity index (χ3v) is 8.22. The number of ether oxygens (including phenoxy) is 1. The monoisotopic (exact) mass is 530 g/mol. The molecule has 0 aliphatic carbocycles. The smallest absolute Gasteiger partial charge is 0.265 e. The number of nitrogens with zero attached hydrogens (tertiary/aromatic N) is 2. The Morgan fingerprint density at radius 2 is 1.82 bits per heavy atom. The summed E-state index contributed by atoms with van der Waals surface area (Å²) < 4.78 is 7.70. The molecule has 5 rings (SSSR count). The number of rotatable bonds is 7. The van der Waals surface area contributed by atoms with Crippen LogP contribution in [-0.4, -0.2) is 53.3 Å². The van der Waals surface area contributed by atoms with Crippen molar-refractivity contribution in [3.8, 4) is 5.75 Å². The molecule has 1 aliphatic rings. The van der Waals surface area contributed by atoms with Crippen LogP contribution in [0.2, 0.25) is 0 Å². The molecule has 1 aliphatic heterocycles. The number of Topliss-reactive ketones (excluding diaryl/α,β-unsaturated/α-hetero) is 1. The van der Waals surface area contributed by atoms with Crippen LogP contribution in [0.5, 0.6) is 5.75 Å². The molecule has 1 N–H and O–H groups in total. The molecule has 2 aromatic heterocycles. The number of para-hydroxylation sites is 1. The molecule has 2 amide bonds. The molecule has 4 aromatic rings. The van der Waals surface area contributed by atoms with Crippen LogP contribution >= 0.6 is 11.3 Å². The summed E-state index contributed by atoms with van der Waals surface area (Å²) in [6.45, 7) is 4.31. The van der Waals surface area contributed by atoms with Crippen molar-refractivity contribution < 1.29 is 19.1 Å². The quantitative estimate of drug-likeness (QED) is 0.364. The van der Waals surface area contributed by atoms with Crippen LogP contribution in [-0.2, 0) is 11.3 Å². The predicted molar refractivity (Wildman–Crippen MR) is 148 cm³/mol. The topological polar surface area (TPSA) is 97.7 Å². The van der Waals surface area contributed by atoms with E-state index in [2.05, 4.69) is 12.2 Å². The van der Waals surface area contributed by atoms with Gasteiger partial charge in [0.05, 0.1) is 23.9 Å². The highest BCUT2D eigenvalue weighted by molar-refractivity contribution is 7.22. The van der Waals surface area contributed by atoms with Gasteiger partial charge >= 0.3 is 0 Å². The highest BCUT2D eigenvalue weighted by Crippen LogP contribution is 2.39. The molecule has 195 valence electrons. The summed E-state index contributed by atoms with van der Waals surface area (Å²) in [6.07, 6.45) is 2.68. The van der Waals surface area contributed by atoms with E-state index in [0.717, 1.165) is 24.6 Å². The fourth-order valence-electron chi connectivity index (χ4n) is 5.14. The zero-order valence-electron chi connectivity index (χ0n) is 21.1. The Hall–Kier alpha value is -3.98. The van der Waals surface area contributed by atoms with Crippen molar-refractivity contribution in [2.75, 3.05) is 20.2 Å². The summed E-state index contributed by atoms with van der Waals surface area (Å²) in [6, 6.07) is 16.0. The molecular formula is C29H28N3O5S. The van der Waals surface area contributed by atoms with E-state index in [-0.39, 0.29) is 52.7 Å². The molecule has 38 heavy (non-hydrogen) atoms. The number of thiophene rings is 1. The number of pyridine rings is 1. The maximum absolute atomic E-state index is 13.8. The lowest BCUT2D eigenvalue weighted by Crippen LogP contribution is -2.48. The van der Waals surface area contributed by atoms with Gasteiger partial charge in [-0.05, 0) is 25.3 Å². The average molecular weight is 531 g/mol. The van der Waals surface area contributed by atoms with Crippen molar-refractivity contribution in [3.05, 3.63) is 82.3 Å². The third-order valence-electron chi connectivity index (χ3n) is 7.02. The van der Waals surface area contributed by atoms with Crippen molar-refractivity contribution in [1.29, 1.82) is 0 Å². The van der Waals surface area contributed by atoms with E-state index in [4.69, 9.17) is 4.74 Å². The first-order valence-corrected chi connectivity index (χ1v) is 13.3. The molecule has 0 spiro atoms. The number of carbonyl (C=O) groups is 3. The minimum Gasteiger partial charge on any atom is -0.494 e. The standard InChI is InChI=1S/C29H28N3O5S/c1-18(33)31-15-9-8-12-20(31)16-30-28(35)27-25(37-2)24-26(38-27)21-13-6-7-14-22(21)32(29(24)36)17-23(34)19-10-4-3-5-11-19/h3-7,10-11,13-14,20H,1,8-9,12,15-17H2,2H3,(H,30,35). The van der Waals surface area contributed by atoms with Crippen LogP contribution in [0.3, 0.4) is 0 Å². The van der Waals surface area contributed by atoms with E-state index in [9.17, 15) is 19.2 Å². The van der Waals surface area contributed by atoms with Crippen molar-refractivity contribution in [3.63, 3.8) is 0 Å². The Bertz CT molecular complexity index is 1590. The molecule has 1 radical (unpaired) electrons. The second-order valence-corrected chi connectivity index (χ2v) is 10.3. The summed E-state index contributed by atoms with van der Waals surface area (Å²) in [4.78, 5) is 54.1. The highest BCUT2D eigenvalue weighted by atomic mass is 32.1. The number of hydrogen-bond acceptors (Lipinski definition) is 6. The number of aromatic nitrogens is 1. The van der Waals surface area contributed by atoms with Gasteiger partial charge in [-0.1, -0.05) is 48.5 Å². The Morgan fingerprint density at radius 1 is 1.08 bits per heavy atom. The fraction of sp³-hybridized carbons (Fsp3) is 0.276. The number of nitrogens with one attached hydrogen (secondary N) is 1. The van der Waals surface area contributed by atoms with E-state index >= 15 is 0 Å². The van der Waals surface area contributed by atoms with Crippen LogP contribution in [0.15, 0.2) is 59.4 Å². The van der Waals surface area contributed by atoms with E-state index < -0.39 is 5.56 Å². The van der Waals surface area contributed by atoms with E-state index in [1.165, 1.54) is 23.0 Å². The molecule has 1 atom stereocenters. The van der Waals surface area contributed by atoms with Crippen molar-refractivity contribution >= 4 is 49.9 Å². The number of likely N-dealkylation sites (tertiary alicyclic amines) is 1. The van der Waals surface area contributed by atoms with Gasteiger partial charge in [-0.3, -0.25) is 23.7 Å². The largest absolute Gasteiger partial charge is 0.494 e. The normalized spacial score (nSPS) is 15.5. The minimum absolute atomic E-state index is 0.125. The fourth-order valence-corrected chi connectivity index (χ4v) is 6.35. The van der Waals surface area contributed by atoms with Crippen LogP contribution in [0.25, 0.3) is 21.0 Å². The molecule has 2 aromatic carbocycles. The molecular weight excluding hydrogens is 502 g/mol. The first-order chi connectivity index (χ1) is 18.4. The van der Waals surface area contributed by atoms with E-state index in [0.29, 0.717) is 22.3 Å². The summed E-state index contributed by atoms with van der Waals surface area (Å²) >= 11 is 1.19. The zero-order chi connectivity index (χ0) is 26.8. The molecule has 1 saturated heterocycles. The van der Waals surface area contributed by atoms with Gasteiger partial charge in [0.15, 0.2) is 11.5 Å². The second kappa shape index (κ2) is 10.8. The average Bonchev–Trinajstić information content (AvgIpc) is 3.34. The number of fused-ring (bicyclic) bond motifs is 3. The van der Waals surface area contributed by atoms with E-state index in [1.54, 1.807) is 35.2 Å². The molecule has 1 unspecified atom stereocenters. The van der Waals surface area contributed by atoms with Crippen molar-refractivity contribution in [2.24, 2.45) is 0 Å². The van der Waals surface area contributed by atoms with Crippen LogP contribution in [0, 0.1) is 6.92 Å². The number of benzene rings is 2. The Labute approximate surface area is 223 Å².